The number of aryl methyl sites for hydroxylation is 1. The van der Waals surface area contributed by atoms with Crippen LogP contribution >= 0.6 is 11.3 Å². The molecule has 2 rings (SSSR count). The van der Waals surface area contributed by atoms with Crippen LogP contribution in [0.15, 0.2) is 17.5 Å². The molecule has 112 valence electrons. The molecule has 0 N–H and O–H groups in total. The number of Topliss-reactive ketones (excluding diaryl/α,β-unsaturated/α-hetero) is 1. The molecule has 6 heteroatoms. The fourth-order valence-corrected chi connectivity index (χ4v) is 2.61. The number of hydrogen-bond donors (Lipinski definition) is 0. The minimum Gasteiger partial charge on any atom is -0.496 e. The minimum absolute atomic E-state index is 0.0712. The molecular formula is C15H17NO4S. The number of benzene rings is 1. The van der Waals surface area contributed by atoms with Crippen molar-refractivity contribution >= 4 is 17.1 Å². The fourth-order valence-electron chi connectivity index (χ4n) is 2.00. The maximum atomic E-state index is 12.5. The molecule has 0 fully saturated rings. The summed E-state index contributed by atoms with van der Waals surface area (Å²) < 4.78 is 15.7. The van der Waals surface area contributed by atoms with E-state index < -0.39 is 0 Å². The number of ether oxygens (including phenoxy) is 3. The van der Waals surface area contributed by atoms with Gasteiger partial charge >= 0.3 is 0 Å². The van der Waals surface area contributed by atoms with Crippen LogP contribution in [0, 0.1) is 6.92 Å². The second-order valence-electron chi connectivity index (χ2n) is 4.37. The second kappa shape index (κ2) is 6.58. The Balaban J connectivity index is 2.34. The standard InChI is InChI=1S/C15H17NO4S/c1-9-16-10(8-21-9)5-12(17)11-6-14(19-3)15(20-4)7-13(11)18-2/h6-8H,5H2,1-4H3. The Kier molecular flexibility index (Phi) is 4.80. The van der Waals surface area contributed by atoms with Crippen LogP contribution in [0.5, 0.6) is 17.2 Å². The van der Waals surface area contributed by atoms with Crippen molar-refractivity contribution in [2.45, 2.75) is 13.3 Å². The van der Waals surface area contributed by atoms with Gasteiger partial charge in [0, 0.05) is 11.4 Å². The summed E-state index contributed by atoms with van der Waals surface area (Å²) in [6.07, 6.45) is 0.232. The van der Waals surface area contributed by atoms with Crippen molar-refractivity contribution in [2.75, 3.05) is 21.3 Å². The van der Waals surface area contributed by atoms with Gasteiger partial charge in [0.05, 0.1) is 44.0 Å². The van der Waals surface area contributed by atoms with Crippen molar-refractivity contribution in [1.82, 2.24) is 4.98 Å². The molecule has 1 aromatic heterocycles. The first-order chi connectivity index (χ1) is 10.1. The van der Waals surface area contributed by atoms with Crippen LogP contribution in [-0.2, 0) is 6.42 Å². The minimum atomic E-state index is -0.0712. The van der Waals surface area contributed by atoms with E-state index in [0.717, 1.165) is 10.7 Å². The SMILES string of the molecule is COc1cc(OC)c(C(=O)Cc2csc(C)n2)cc1OC. The highest BCUT2D eigenvalue weighted by atomic mass is 32.1. The van der Waals surface area contributed by atoms with Crippen LogP contribution in [0.3, 0.4) is 0 Å². The molecule has 0 saturated carbocycles. The molecule has 21 heavy (non-hydrogen) atoms. The Morgan fingerprint density at radius 2 is 1.71 bits per heavy atom. The van der Waals surface area contributed by atoms with E-state index in [0.29, 0.717) is 22.8 Å². The van der Waals surface area contributed by atoms with Crippen LogP contribution in [0.4, 0.5) is 0 Å². The Labute approximate surface area is 127 Å². The first-order valence-corrected chi connectivity index (χ1v) is 7.21. The van der Waals surface area contributed by atoms with E-state index in [2.05, 4.69) is 4.98 Å². The van der Waals surface area contributed by atoms with E-state index in [1.54, 1.807) is 12.1 Å². The van der Waals surface area contributed by atoms with Gasteiger partial charge in [-0.1, -0.05) is 0 Å². The summed E-state index contributed by atoms with van der Waals surface area (Å²) in [5.74, 6) is 1.41. The third-order valence-electron chi connectivity index (χ3n) is 3.01. The van der Waals surface area contributed by atoms with Crippen molar-refractivity contribution in [3.8, 4) is 17.2 Å². The number of carbonyl (C=O) groups is 1. The van der Waals surface area contributed by atoms with Crippen LogP contribution in [-0.4, -0.2) is 32.1 Å². The molecule has 0 bridgehead atoms. The largest absolute Gasteiger partial charge is 0.496 e. The molecule has 5 nitrogen and oxygen atoms in total. The highest BCUT2D eigenvalue weighted by Crippen LogP contribution is 2.35. The lowest BCUT2D eigenvalue weighted by Crippen LogP contribution is -2.07. The summed E-state index contributed by atoms with van der Waals surface area (Å²) in [5.41, 5.74) is 1.22. The van der Waals surface area contributed by atoms with Crippen LogP contribution < -0.4 is 14.2 Å². The predicted molar refractivity (Wildman–Crippen MR) is 81.0 cm³/mol. The Bertz CT molecular complexity index is 651. The summed E-state index contributed by atoms with van der Waals surface area (Å²) in [7, 11) is 4.59. The van der Waals surface area contributed by atoms with Gasteiger partial charge < -0.3 is 14.2 Å². The van der Waals surface area contributed by atoms with Gasteiger partial charge in [-0.2, -0.15) is 0 Å². The highest BCUT2D eigenvalue weighted by molar-refractivity contribution is 7.09. The first kappa shape index (κ1) is 15.3. The first-order valence-electron chi connectivity index (χ1n) is 6.33. The Morgan fingerprint density at radius 3 is 2.24 bits per heavy atom. The summed E-state index contributed by atoms with van der Waals surface area (Å²) in [5, 5.41) is 2.83. The number of ketones is 1. The lowest BCUT2D eigenvalue weighted by atomic mass is 10.0. The van der Waals surface area contributed by atoms with Gasteiger partial charge in [-0.15, -0.1) is 11.3 Å². The molecular weight excluding hydrogens is 290 g/mol. The van der Waals surface area contributed by atoms with E-state index in [-0.39, 0.29) is 12.2 Å². The van der Waals surface area contributed by atoms with Crippen LogP contribution in [0.25, 0.3) is 0 Å². The molecule has 1 heterocycles. The normalized spacial score (nSPS) is 10.3. The van der Waals surface area contributed by atoms with Gasteiger partial charge in [0.1, 0.15) is 5.75 Å². The van der Waals surface area contributed by atoms with Crippen LogP contribution in [0.2, 0.25) is 0 Å². The van der Waals surface area contributed by atoms with Crippen LogP contribution in [0.1, 0.15) is 21.1 Å². The van der Waals surface area contributed by atoms with Crippen molar-refractivity contribution in [2.24, 2.45) is 0 Å². The van der Waals surface area contributed by atoms with E-state index in [4.69, 9.17) is 14.2 Å². The quantitative estimate of drug-likeness (QED) is 0.768. The summed E-state index contributed by atoms with van der Waals surface area (Å²) in [6, 6.07) is 3.29. The van der Waals surface area contributed by atoms with Crippen molar-refractivity contribution in [3.63, 3.8) is 0 Å². The van der Waals surface area contributed by atoms with Gasteiger partial charge in [0.2, 0.25) is 0 Å². The molecule has 0 unspecified atom stereocenters. The number of nitrogens with zero attached hydrogens (tertiary/aromatic N) is 1. The van der Waals surface area contributed by atoms with Gasteiger partial charge in [0.25, 0.3) is 0 Å². The highest BCUT2D eigenvalue weighted by Gasteiger charge is 2.18. The van der Waals surface area contributed by atoms with E-state index in [1.165, 1.54) is 32.7 Å². The molecule has 0 amide bonds. The third-order valence-corrected chi connectivity index (χ3v) is 3.84. The average molecular weight is 307 g/mol. The summed E-state index contributed by atoms with van der Waals surface area (Å²) in [4.78, 5) is 16.8. The molecule has 1 aromatic carbocycles. The zero-order chi connectivity index (χ0) is 15.4. The topological polar surface area (TPSA) is 57.7 Å². The summed E-state index contributed by atoms with van der Waals surface area (Å²) in [6.45, 7) is 1.91. The smallest absolute Gasteiger partial charge is 0.172 e. The molecule has 0 saturated heterocycles. The van der Waals surface area contributed by atoms with Crippen molar-refractivity contribution < 1.29 is 19.0 Å². The number of thiazole rings is 1. The number of methoxy groups -OCH3 is 3. The molecule has 0 aliphatic heterocycles. The van der Waals surface area contributed by atoms with Gasteiger partial charge in [0.15, 0.2) is 17.3 Å². The monoisotopic (exact) mass is 307 g/mol. The number of rotatable bonds is 6. The molecule has 0 aliphatic carbocycles. The zero-order valence-corrected chi connectivity index (χ0v) is 13.2. The van der Waals surface area contributed by atoms with Gasteiger partial charge in [-0.05, 0) is 13.0 Å². The summed E-state index contributed by atoms with van der Waals surface area (Å²) >= 11 is 1.53. The van der Waals surface area contributed by atoms with Crippen molar-refractivity contribution in [3.05, 3.63) is 33.8 Å². The second-order valence-corrected chi connectivity index (χ2v) is 5.43. The maximum Gasteiger partial charge on any atom is 0.172 e. The Morgan fingerprint density at radius 1 is 1.10 bits per heavy atom. The lowest BCUT2D eigenvalue weighted by Gasteiger charge is -2.13. The third kappa shape index (κ3) is 3.33. The molecule has 2 aromatic rings. The maximum absolute atomic E-state index is 12.5. The zero-order valence-electron chi connectivity index (χ0n) is 12.4. The number of hydrogen-bond acceptors (Lipinski definition) is 6. The fraction of sp³-hybridized carbons (Fsp3) is 0.333. The van der Waals surface area contributed by atoms with E-state index in [9.17, 15) is 4.79 Å². The molecule has 0 aliphatic rings. The van der Waals surface area contributed by atoms with Gasteiger partial charge in [-0.25, -0.2) is 4.98 Å². The van der Waals surface area contributed by atoms with E-state index in [1.807, 2.05) is 12.3 Å². The van der Waals surface area contributed by atoms with E-state index >= 15 is 0 Å². The average Bonchev–Trinajstić information content (AvgIpc) is 2.90. The predicted octanol–water partition coefficient (Wildman–Crippen LogP) is 2.90. The molecule has 0 spiro atoms. The lowest BCUT2D eigenvalue weighted by molar-refractivity contribution is 0.0988. The Hall–Kier alpha value is -2.08. The number of carbonyl (C=O) groups excluding carboxylic acids is 1. The molecule has 0 atom stereocenters. The molecule has 0 radical (unpaired) electrons. The van der Waals surface area contributed by atoms with Gasteiger partial charge in [-0.3, -0.25) is 4.79 Å². The number of aromatic nitrogens is 1. The van der Waals surface area contributed by atoms with Crippen molar-refractivity contribution in [1.29, 1.82) is 0 Å².